The van der Waals surface area contributed by atoms with Crippen LogP contribution in [0.4, 0.5) is 8.78 Å². The van der Waals surface area contributed by atoms with E-state index >= 15 is 0 Å². The lowest BCUT2D eigenvalue weighted by Gasteiger charge is -2.30. The summed E-state index contributed by atoms with van der Waals surface area (Å²) in [7, 11) is 3.25. The van der Waals surface area contributed by atoms with Gasteiger partial charge in [0.05, 0.1) is 31.5 Å². The van der Waals surface area contributed by atoms with Crippen molar-refractivity contribution in [1.82, 2.24) is 16.0 Å². The van der Waals surface area contributed by atoms with Gasteiger partial charge in [-0.2, -0.15) is 9.90 Å². The van der Waals surface area contributed by atoms with Gasteiger partial charge in [0.2, 0.25) is 5.96 Å². The lowest BCUT2D eigenvalue weighted by atomic mass is 10.0. The fourth-order valence-electron chi connectivity index (χ4n) is 3.24. The van der Waals surface area contributed by atoms with Crippen molar-refractivity contribution in [3.05, 3.63) is 76.2 Å². The van der Waals surface area contributed by atoms with Gasteiger partial charge in [0.15, 0.2) is 0 Å². The lowest BCUT2D eigenvalue weighted by molar-refractivity contribution is 0.0458. The molecule has 0 heterocycles. The van der Waals surface area contributed by atoms with Gasteiger partial charge in [0, 0.05) is 19.1 Å². The number of nitrogens with zero attached hydrogens (tertiary/aromatic N) is 2. The summed E-state index contributed by atoms with van der Waals surface area (Å²) < 4.78 is 37.2. The number of hydrogen-bond acceptors (Lipinski definition) is 6. The van der Waals surface area contributed by atoms with E-state index in [2.05, 4.69) is 26.1 Å². The highest BCUT2D eigenvalue weighted by Gasteiger charge is 2.24. The second-order valence-corrected chi connectivity index (χ2v) is 8.72. The summed E-state index contributed by atoms with van der Waals surface area (Å²) in [5.74, 6) is -1.36. The van der Waals surface area contributed by atoms with Crippen LogP contribution in [0.1, 0.15) is 42.2 Å². The third kappa shape index (κ3) is 9.76. The third-order valence-corrected chi connectivity index (χ3v) is 5.16. The molecule has 196 valence electrons. The van der Waals surface area contributed by atoms with Crippen LogP contribution in [0.2, 0.25) is 0 Å². The van der Waals surface area contributed by atoms with Crippen molar-refractivity contribution in [2.45, 2.75) is 38.0 Å². The number of hydrogen-bond donors (Lipinski definition) is 3. The summed E-state index contributed by atoms with van der Waals surface area (Å²) in [5.41, 5.74) is 0.0980. The predicted octanol–water partition coefficient (Wildman–Crippen LogP) is 3.53. The Kier molecular flexibility index (Phi) is 11.5. The van der Waals surface area contributed by atoms with E-state index in [-0.39, 0.29) is 24.6 Å². The van der Waals surface area contributed by atoms with E-state index in [4.69, 9.17) is 9.47 Å². The van der Waals surface area contributed by atoms with E-state index in [0.29, 0.717) is 18.8 Å². The summed E-state index contributed by atoms with van der Waals surface area (Å²) in [4.78, 5) is 28.5. The largest absolute Gasteiger partial charge is 0.382 e. The highest BCUT2D eigenvalue weighted by molar-refractivity contribution is 6.02. The third-order valence-electron chi connectivity index (χ3n) is 5.16. The van der Waals surface area contributed by atoms with Gasteiger partial charge in [-0.1, -0.05) is 17.3 Å². The molecule has 0 bridgehead atoms. The Morgan fingerprint density at radius 2 is 1.64 bits per heavy atom. The number of methoxy groups -OCH3 is 1. The van der Waals surface area contributed by atoms with Gasteiger partial charge in [-0.3, -0.25) is 4.79 Å². The molecule has 0 spiro atoms. The molecule has 0 saturated carbocycles. The zero-order valence-electron chi connectivity index (χ0n) is 20.9. The fraction of sp³-hybridized carbons (Fsp3) is 0.440. The first-order valence-electron chi connectivity index (χ1n) is 11.4. The van der Waals surface area contributed by atoms with Crippen molar-refractivity contribution in [1.29, 1.82) is 0 Å². The lowest BCUT2D eigenvalue weighted by Crippen LogP contribution is -2.56. The van der Waals surface area contributed by atoms with Crippen molar-refractivity contribution in [2.24, 2.45) is 10.2 Å². The number of amides is 1. The number of nitroso groups, excluding NO2 is 1. The number of aliphatic imine (C=N–C) groups is 1. The number of benzene rings is 2. The minimum absolute atomic E-state index is 0.118. The molecule has 0 aliphatic heterocycles. The summed E-state index contributed by atoms with van der Waals surface area (Å²) >= 11 is 0. The number of halogens is 2. The molecule has 3 N–H and O–H groups in total. The van der Waals surface area contributed by atoms with Gasteiger partial charge in [-0.25, -0.2) is 8.78 Å². The number of carbonyl (C=O) groups excluding carboxylic acids is 1. The summed E-state index contributed by atoms with van der Waals surface area (Å²) in [6.07, 6.45) is -0.364. The minimum atomic E-state index is -0.782. The molecule has 2 atom stereocenters. The first kappa shape index (κ1) is 29.0. The topological polar surface area (TPSA) is 113 Å². The fourth-order valence-corrected chi connectivity index (χ4v) is 3.24. The van der Waals surface area contributed by atoms with Crippen LogP contribution < -0.4 is 16.0 Å². The van der Waals surface area contributed by atoms with Crippen LogP contribution in [0.5, 0.6) is 0 Å². The van der Waals surface area contributed by atoms with Gasteiger partial charge >= 0.3 is 0 Å². The van der Waals surface area contributed by atoms with Crippen molar-refractivity contribution >= 4 is 11.9 Å². The van der Waals surface area contributed by atoms with Crippen molar-refractivity contribution in [3.8, 4) is 0 Å². The summed E-state index contributed by atoms with van der Waals surface area (Å²) in [6, 6.07) is 9.78. The number of guanidine groups is 1. The molecular weight excluding hydrogens is 472 g/mol. The molecule has 2 unspecified atom stereocenters. The molecule has 0 saturated heterocycles. The molecule has 0 aliphatic carbocycles. The summed E-state index contributed by atoms with van der Waals surface area (Å²) in [5, 5.41) is 12.5. The van der Waals surface area contributed by atoms with Crippen LogP contribution in [-0.2, 0) is 9.47 Å². The van der Waals surface area contributed by atoms with Crippen LogP contribution in [-0.4, -0.2) is 57.5 Å². The number of rotatable bonds is 13. The smallest absolute Gasteiger partial charge is 0.280 e. The SMILES string of the molecule is CNC(CC(N=O)c1ccc(F)cc1)N/C(=N\C(=O)c1ccc(F)cc1)NC(C)(C)COCCOC. The van der Waals surface area contributed by atoms with Gasteiger partial charge in [-0.05, 0) is 62.9 Å². The van der Waals surface area contributed by atoms with Crippen LogP contribution in [0, 0.1) is 16.5 Å². The summed E-state index contributed by atoms with van der Waals surface area (Å²) in [6.45, 7) is 4.83. The van der Waals surface area contributed by atoms with Crippen molar-refractivity contribution < 1.29 is 23.0 Å². The molecule has 1 amide bonds. The predicted molar refractivity (Wildman–Crippen MR) is 134 cm³/mol. The molecule has 0 aliphatic rings. The Labute approximate surface area is 209 Å². The zero-order chi connectivity index (χ0) is 26.6. The minimum Gasteiger partial charge on any atom is -0.382 e. The molecule has 11 heteroatoms. The molecule has 2 aromatic rings. The van der Waals surface area contributed by atoms with Gasteiger partial charge in [-0.15, -0.1) is 0 Å². The Balaban J connectivity index is 2.23. The monoisotopic (exact) mass is 505 g/mol. The first-order chi connectivity index (χ1) is 17.2. The maximum Gasteiger partial charge on any atom is 0.280 e. The maximum atomic E-state index is 13.3. The second-order valence-electron chi connectivity index (χ2n) is 8.72. The van der Waals surface area contributed by atoms with Crippen LogP contribution in [0.3, 0.4) is 0 Å². The van der Waals surface area contributed by atoms with Gasteiger partial charge < -0.3 is 25.4 Å². The zero-order valence-corrected chi connectivity index (χ0v) is 20.9. The van der Waals surface area contributed by atoms with E-state index < -0.39 is 35.3 Å². The van der Waals surface area contributed by atoms with Crippen molar-refractivity contribution in [3.63, 3.8) is 0 Å². The van der Waals surface area contributed by atoms with E-state index in [1.165, 1.54) is 48.5 Å². The number of carbonyl (C=O) groups is 1. The Hall–Kier alpha value is -3.28. The molecule has 36 heavy (non-hydrogen) atoms. The average molecular weight is 506 g/mol. The number of ether oxygens (including phenoxy) is 2. The second kappa shape index (κ2) is 14.3. The van der Waals surface area contributed by atoms with E-state index in [0.717, 1.165) is 0 Å². The van der Waals surface area contributed by atoms with Crippen LogP contribution >= 0.6 is 0 Å². The molecule has 0 radical (unpaired) electrons. The molecular formula is C25H33F2N5O4. The molecule has 2 rings (SSSR count). The molecule has 9 nitrogen and oxygen atoms in total. The quantitative estimate of drug-likeness (QED) is 0.126. The molecule has 2 aromatic carbocycles. The Morgan fingerprint density at radius 3 is 2.19 bits per heavy atom. The molecule has 0 aromatic heterocycles. The average Bonchev–Trinajstić information content (AvgIpc) is 2.85. The number of nitrogens with one attached hydrogen (secondary N) is 3. The highest BCUT2D eigenvalue weighted by Crippen LogP contribution is 2.22. The highest BCUT2D eigenvalue weighted by atomic mass is 19.1. The Bertz CT molecular complexity index is 1000. The van der Waals surface area contributed by atoms with Crippen LogP contribution in [0.25, 0.3) is 0 Å². The van der Waals surface area contributed by atoms with Gasteiger partial charge in [0.1, 0.15) is 17.7 Å². The first-order valence-corrected chi connectivity index (χ1v) is 11.4. The Morgan fingerprint density at radius 1 is 1.03 bits per heavy atom. The maximum absolute atomic E-state index is 13.3. The standard InChI is InChI=1S/C25H33F2N5O4/c1-25(2,16-36-14-13-35-4)31-24(30-23(33)18-7-11-20(27)12-8-18)29-22(28-3)15-21(32-34)17-5-9-19(26)10-6-17/h5-12,21-22,28H,13-16H2,1-4H3,(H2,29,30,31,33). The normalized spacial score (nSPS) is 13.7. The van der Waals surface area contributed by atoms with E-state index in [9.17, 15) is 18.5 Å². The van der Waals surface area contributed by atoms with Crippen molar-refractivity contribution in [2.75, 3.05) is 34.0 Å². The molecule has 0 fully saturated rings. The van der Waals surface area contributed by atoms with Crippen LogP contribution in [0.15, 0.2) is 58.7 Å². The van der Waals surface area contributed by atoms with E-state index in [1.807, 2.05) is 13.8 Å². The van der Waals surface area contributed by atoms with E-state index in [1.54, 1.807) is 14.2 Å². The van der Waals surface area contributed by atoms with Gasteiger partial charge in [0.25, 0.3) is 5.91 Å².